The Labute approximate surface area is 134 Å². The standard InChI is InChI=1S/C17H17N3O3/c1-20-13-7-2-3-8-14(13)23-15(17(20)22)10-16(21)19-11-12-6-4-5-9-18-12/h2-9,15H,10-11H2,1H3,(H,19,21). The number of benzene rings is 1. The van der Waals surface area contributed by atoms with E-state index in [2.05, 4.69) is 10.3 Å². The van der Waals surface area contributed by atoms with Crippen molar-refractivity contribution in [3.63, 3.8) is 0 Å². The van der Waals surface area contributed by atoms with Gasteiger partial charge in [0.1, 0.15) is 5.75 Å². The van der Waals surface area contributed by atoms with Gasteiger partial charge in [0, 0.05) is 13.2 Å². The molecule has 1 aliphatic heterocycles. The average Bonchev–Trinajstić information content (AvgIpc) is 2.58. The van der Waals surface area contributed by atoms with E-state index in [0.29, 0.717) is 18.0 Å². The van der Waals surface area contributed by atoms with Gasteiger partial charge in [0.2, 0.25) is 5.91 Å². The lowest BCUT2D eigenvalue weighted by molar-refractivity contribution is -0.132. The molecular weight excluding hydrogens is 294 g/mol. The molecule has 3 rings (SSSR count). The van der Waals surface area contributed by atoms with Crippen molar-refractivity contribution in [2.75, 3.05) is 11.9 Å². The first-order chi connectivity index (χ1) is 11.1. The number of pyridine rings is 1. The van der Waals surface area contributed by atoms with Gasteiger partial charge in [-0.25, -0.2) is 0 Å². The number of fused-ring (bicyclic) bond motifs is 1. The number of likely N-dealkylation sites (N-methyl/N-ethyl adjacent to an activating group) is 1. The largest absolute Gasteiger partial charge is 0.478 e. The van der Waals surface area contributed by atoms with Gasteiger partial charge in [0.25, 0.3) is 5.91 Å². The van der Waals surface area contributed by atoms with Crippen LogP contribution in [0, 0.1) is 0 Å². The Morgan fingerprint density at radius 1 is 1.26 bits per heavy atom. The third-order valence-electron chi connectivity index (χ3n) is 3.67. The van der Waals surface area contributed by atoms with Crippen LogP contribution in [0.2, 0.25) is 0 Å². The van der Waals surface area contributed by atoms with Crippen LogP contribution in [0.4, 0.5) is 5.69 Å². The highest BCUT2D eigenvalue weighted by Gasteiger charge is 2.33. The number of para-hydroxylation sites is 2. The minimum atomic E-state index is -0.807. The highest BCUT2D eigenvalue weighted by Crippen LogP contribution is 2.33. The van der Waals surface area contributed by atoms with Crippen molar-refractivity contribution in [3.8, 4) is 5.75 Å². The number of amides is 2. The van der Waals surface area contributed by atoms with E-state index in [4.69, 9.17) is 4.74 Å². The molecule has 2 heterocycles. The Morgan fingerprint density at radius 2 is 2.04 bits per heavy atom. The summed E-state index contributed by atoms with van der Waals surface area (Å²) in [6.07, 6.45) is 0.838. The molecule has 1 aromatic heterocycles. The van der Waals surface area contributed by atoms with Crippen molar-refractivity contribution in [1.29, 1.82) is 0 Å². The summed E-state index contributed by atoms with van der Waals surface area (Å²) in [4.78, 5) is 30.0. The van der Waals surface area contributed by atoms with Crippen LogP contribution in [0.3, 0.4) is 0 Å². The molecule has 0 aliphatic carbocycles. The number of nitrogens with one attached hydrogen (secondary N) is 1. The highest BCUT2D eigenvalue weighted by atomic mass is 16.5. The fourth-order valence-electron chi connectivity index (χ4n) is 2.43. The predicted molar refractivity (Wildman–Crippen MR) is 85.0 cm³/mol. The number of rotatable bonds is 4. The molecule has 2 amide bonds. The normalized spacial score (nSPS) is 16.5. The second-order valence-corrected chi connectivity index (χ2v) is 5.27. The molecule has 1 atom stereocenters. The maximum absolute atomic E-state index is 12.3. The highest BCUT2D eigenvalue weighted by molar-refractivity contribution is 6.01. The van der Waals surface area contributed by atoms with Gasteiger partial charge >= 0.3 is 0 Å². The zero-order valence-corrected chi connectivity index (χ0v) is 12.7. The number of aromatic nitrogens is 1. The summed E-state index contributed by atoms with van der Waals surface area (Å²) in [6, 6.07) is 12.8. The quantitative estimate of drug-likeness (QED) is 0.929. The molecule has 118 valence electrons. The molecule has 0 radical (unpaired) electrons. The van der Waals surface area contributed by atoms with Crippen molar-refractivity contribution in [1.82, 2.24) is 10.3 Å². The van der Waals surface area contributed by atoms with Crippen molar-refractivity contribution in [3.05, 3.63) is 54.4 Å². The number of nitrogens with zero attached hydrogens (tertiary/aromatic N) is 2. The molecule has 6 nitrogen and oxygen atoms in total. The molecule has 0 saturated heterocycles. The molecule has 23 heavy (non-hydrogen) atoms. The SMILES string of the molecule is CN1C(=O)C(CC(=O)NCc2ccccn2)Oc2ccccc21. The van der Waals surface area contributed by atoms with E-state index < -0.39 is 6.10 Å². The summed E-state index contributed by atoms with van der Waals surface area (Å²) in [7, 11) is 1.68. The van der Waals surface area contributed by atoms with Crippen LogP contribution in [0.15, 0.2) is 48.7 Å². The van der Waals surface area contributed by atoms with Crippen LogP contribution < -0.4 is 15.0 Å². The monoisotopic (exact) mass is 311 g/mol. The van der Waals surface area contributed by atoms with Gasteiger partial charge < -0.3 is 15.0 Å². The minimum Gasteiger partial charge on any atom is -0.478 e. The third-order valence-corrected chi connectivity index (χ3v) is 3.67. The zero-order valence-electron chi connectivity index (χ0n) is 12.7. The van der Waals surface area contributed by atoms with Crippen molar-refractivity contribution >= 4 is 17.5 Å². The van der Waals surface area contributed by atoms with Crippen LogP contribution in [0.25, 0.3) is 0 Å². The lowest BCUT2D eigenvalue weighted by Gasteiger charge is -2.31. The minimum absolute atomic E-state index is 0.0235. The van der Waals surface area contributed by atoms with Crippen molar-refractivity contribution in [2.24, 2.45) is 0 Å². The number of anilines is 1. The molecule has 1 N–H and O–H groups in total. The summed E-state index contributed by atoms with van der Waals surface area (Å²) < 4.78 is 5.67. The van der Waals surface area contributed by atoms with Gasteiger partial charge in [-0.2, -0.15) is 0 Å². The summed E-state index contributed by atoms with van der Waals surface area (Å²) >= 11 is 0. The van der Waals surface area contributed by atoms with Crippen LogP contribution in [0.1, 0.15) is 12.1 Å². The topological polar surface area (TPSA) is 71.5 Å². The van der Waals surface area contributed by atoms with Crippen LogP contribution in [-0.2, 0) is 16.1 Å². The predicted octanol–water partition coefficient (Wildman–Crippen LogP) is 1.51. The van der Waals surface area contributed by atoms with E-state index >= 15 is 0 Å². The number of hydrogen-bond donors (Lipinski definition) is 1. The first-order valence-electron chi connectivity index (χ1n) is 7.35. The summed E-state index contributed by atoms with van der Waals surface area (Å²) in [5.74, 6) is 0.135. The molecule has 0 bridgehead atoms. The Hall–Kier alpha value is -2.89. The lowest BCUT2D eigenvalue weighted by Crippen LogP contribution is -2.46. The first kappa shape index (κ1) is 15.0. The van der Waals surface area contributed by atoms with Crippen molar-refractivity contribution in [2.45, 2.75) is 19.1 Å². The molecular formula is C17H17N3O3. The molecule has 1 aliphatic rings. The molecule has 1 aromatic carbocycles. The van der Waals surface area contributed by atoms with Gasteiger partial charge in [0.15, 0.2) is 6.10 Å². The third kappa shape index (κ3) is 3.31. The van der Waals surface area contributed by atoms with Gasteiger partial charge in [-0.3, -0.25) is 14.6 Å². The van der Waals surface area contributed by atoms with Crippen LogP contribution >= 0.6 is 0 Å². The second-order valence-electron chi connectivity index (χ2n) is 5.27. The first-order valence-corrected chi connectivity index (χ1v) is 7.35. The molecule has 2 aromatic rings. The van der Waals surface area contributed by atoms with E-state index in [0.717, 1.165) is 5.69 Å². The van der Waals surface area contributed by atoms with Gasteiger partial charge in [-0.15, -0.1) is 0 Å². The molecule has 6 heteroatoms. The van der Waals surface area contributed by atoms with E-state index in [-0.39, 0.29) is 18.2 Å². The van der Waals surface area contributed by atoms with E-state index in [1.54, 1.807) is 19.3 Å². The van der Waals surface area contributed by atoms with Gasteiger partial charge in [-0.05, 0) is 24.3 Å². The summed E-state index contributed by atoms with van der Waals surface area (Å²) in [5.41, 5.74) is 1.47. The van der Waals surface area contributed by atoms with E-state index in [9.17, 15) is 9.59 Å². The van der Waals surface area contributed by atoms with Gasteiger partial charge in [-0.1, -0.05) is 18.2 Å². The smallest absolute Gasteiger partial charge is 0.268 e. The van der Waals surface area contributed by atoms with Crippen LogP contribution in [0.5, 0.6) is 5.75 Å². The average molecular weight is 311 g/mol. The number of ether oxygens (including phenoxy) is 1. The van der Waals surface area contributed by atoms with Gasteiger partial charge in [0.05, 0.1) is 24.3 Å². The van der Waals surface area contributed by atoms with E-state index in [1.807, 2.05) is 36.4 Å². The molecule has 1 unspecified atom stereocenters. The Balaban J connectivity index is 1.62. The lowest BCUT2D eigenvalue weighted by atomic mass is 10.1. The fraction of sp³-hybridized carbons (Fsp3) is 0.235. The second kappa shape index (κ2) is 6.48. The Bertz CT molecular complexity index is 718. The Morgan fingerprint density at radius 3 is 2.83 bits per heavy atom. The van der Waals surface area contributed by atoms with Crippen molar-refractivity contribution < 1.29 is 14.3 Å². The maximum atomic E-state index is 12.3. The fourth-order valence-corrected chi connectivity index (χ4v) is 2.43. The summed E-state index contributed by atoms with van der Waals surface area (Å²) in [5, 5.41) is 2.75. The number of hydrogen-bond acceptors (Lipinski definition) is 4. The number of carbonyl (C=O) groups is 2. The number of carbonyl (C=O) groups excluding carboxylic acids is 2. The Kier molecular flexibility index (Phi) is 4.23. The van der Waals surface area contributed by atoms with Crippen LogP contribution in [-0.4, -0.2) is 29.9 Å². The molecule has 0 fully saturated rings. The molecule has 0 spiro atoms. The van der Waals surface area contributed by atoms with E-state index in [1.165, 1.54) is 4.90 Å². The maximum Gasteiger partial charge on any atom is 0.268 e. The zero-order chi connectivity index (χ0) is 16.2. The molecule has 0 saturated carbocycles. The summed E-state index contributed by atoms with van der Waals surface area (Å²) in [6.45, 7) is 0.326.